The molecule has 1 unspecified atom stereocenters. The van der Waals surface area contributed by atoms with Gasteiger partial charge in [-0.2, -0.15) is 0 Å². The number of hydrogen-bond acceptors (Lipinski definition) is 6. The fraction of sp³-hybridized carbons (Fsp3) is 0.562. The summed E-state index contributed by atoms with van der Waals surface area (Å²) in [4.78, 5) is 16.4. The molecule has 1 aromatic carbocycles. The number of carbonyl (C=O) groups excluding carboxylic acids is 1. The lowest BCUT2D eigenvalue weighted by atomic mass is 10.0. The summed E-state index contributed by atoms with van der Waals surface area (Å²) in [5.74, 6) is -0.247. The van der Waals surface area contributed by atoms with Crippen LogP contribution in [0.1, 0.15) is 6.42 Å². The van der Waals surface area contributed by atoms with Crippen LogP contribution in [0, 0.1) is 0 Å². The molecule has 0 bridgehead atoms. The maximum atomic E-state index is 12.5. The van der Waals surface area contributed by atoms with Gasteiger partial charge in [0.05, 0.1) is 6.10 Å². The van der Waals surface area contributed by atoms with Crippen molar-refractivity contribution in [3.63, 3.8) is 0 Å². The van der Waals surface area contributed by atoms with E-state index in [0.717, 1.165) is 18.8 Å². The van der Waals surface area contributed by atoms with E-state index in [-0.39, 0.29) is 12.3 Å². The van der Waals surface area contributed by atoms with Crippen molar-refractivity contribution in [3.05, 3.63) is 30.3 Å². The summed E-state index contributed by atoms with van der Waals surface area (Å²) in [6, 6.07) is 10.0. The molecule has 4 atom stereocenters. The average Bonchev–Trinajstić information content (AvgIpc) is 2.59. The Morgan fingerprint density at radius 2 is 1.70 bits per heavy atom. The van der Waals surface area contributed by atoms with Crippen LogP contribution < -0.4 is 4.90 Å². The van der Waals surface area contributed by atoms with Crippen molar-refractivity contribution in [1.29, 1.82) is 0 Å². The van der Waals surface area contributed by atoms with Crippen molar-refractivity contribution in [2.45, 2.75) is 31.0 Å². The first-order valence-corrected chi connectivity index (χ1v) is 7.84. The highest BCUT2D eigenvalue weighted by atomic mass is 16.6. The first kappa shape index (κ1) is 16.2. The van der Waals surface area contributed by atoms with E-state index in [4.69, 9.17) is 4.74 Å². The van der Waals surface area contributed by atoms with Crippen LogP contribution in [0.25, 0.3) is 0 Å². The smallest absolute Gasteiger partial charge is 0.252 e. The molecule has 2 aliphatic rings. The number of nitrogens with zero attached hydrogens (tertiary/aromatic N) is 2. The van der Waals surface area contributed by atoms with Crippen LogP contribution in [0.4, 0.5) is 5.69 Å². The third-order valence-corrected chi connectivity index (χ3v) is 4.43. The molecule has 2 saturated heterocycles. The molecule has 0 radical (unpaired) electrons. The number of amides is 1. The number of hydrogen-bond donors (Lipinski definition) is 3. The number of benzene rings is 1. The molecular formula is C16H22N2O5. The highest BCUT2D eigenvalue weighted by Gasteiger charge is 2.40. The van der Waals surface area contributed by atoms with Crippen LogP contribution in [0.15, 0.2) is 30.3 Å². The fourth-order valence-corrected chi connectivity index (χ4v) is 3.04. The van der Waals surface area contributed by atoms with Crippen molar-refractivity contribution >= 4 is 11.6 Å². The summed E-state index contributed by atoms with van der Waals surface area (Å²) in [5, 5.41) is 28.7. The Kier molecular flexibility index (Phi) is 4.82. The van der Waals surface area contributed by atoms with Gasteiger partial charge in [0.1, 0.15) is 12.2 Å². The molecule has 1 aromatic rings. The monoisotopic (exact) mass is 322 g/mol. The van der Waals surface area contributed by atoms with Crippen LogP contribution in [-0.2, 0) is 9.53 Å². The van der Waals surface area contributed by atoms with Gasteiger partial charge in [0.2, 0.25) is 0 Å². The second-order valence-electron chi connectivity index (χ2n) is 5.96. The number of aliphatic hydroxyl groups is 3. The van der Waals surface area contributed by atoms with Gasteiger partial charge in [-0.05, 0) is 12.1 Å². The standard InChI is InChI=1S/C16H22N2O5/c19-12-10-13(23-16(22)14(12)20)15(21)18-8-6-17(7-9-18)11-4-2-1-3-5-11/h1-5,12-14,16,19-20,22H,6-10H2/t12-,13-,14+,16?/m0/s1. The molecule has 7 nitrogen and oxygen atoms in total. The summed E-state index contributed by atoms with van der Waals surface area (Å²) >= 11 is 0. The van der Waals surface area contributed by atoms with E-state index >= 15 is 0 Å². The summed E-state index contributed by atoms with van der Waals surface area (Å²) in [6.45, 7) is 2.55. The highest BCUT2D eigenvalue weighted by molar-refractivity contribution is 5.81. The summed E-state index contributed by atoms with van der Waals surface area (Å²) in [5.41, 5.74) is 1.13. The molecule has 23 heavy (non-hydrogen) atoms. The molecular weight excluding hydrogens is 300 g/mol. The fourth-order valence-electron chi connectivity index (χ4n) is 3.04. The van der Waals surface area contributed by atoms with E-state index in [0.29, 0.717) is 13.1 Å². The Morgan fingerprint density at radius 1 is 1.04 bits per heavy atom. The van der Waals surface area contributed by atoms with Crippen LogP contribution in [0.2, 0.25) is 0 Å². The van der Waals surface area contributed by atoms with E-state index in [1.807, 2.05) is 30.3 Å². The number of ether oxygens (including phenoxy) is 1. The van der Waals surface area contributed by atoms with Crippen molar-refractivity contribution in [3.8, 4) is 0 Å². The first-order chi connectivity index (χ1) is 11.1. The first-order valence-electron chi connectivity index (χ1n) is 7.84. The quantitative estimate of drug-likeness (QED) is 0.658. The van der Waals surface area contributed by atoms with Gasteiger partial charge < -0.3 is 29.9 Å². The maximum absolute atomic E-state index is 12.5. The zero-order valence-electron chi connectivity index (χ0n) is 12.8. The lowest BCUT2D eigenvalue weighted by molar-refractivity contribution is -0.246. The van der Waals surface area contributed by atoms with Crippen LogP contribution in [-0.4, -0.2) is 76.9 Å². The highest BCUT2D eigenvalue weighted by Crippen LogP contribution is 2.22. The van der Waals surface area contributed by atoms with Gasteiger partial charge >= 0.3 is 0 Å². The van der Waals surface area contributed by atoms with Gasteiger partial charge in [-0.3, -0.25) is 4.79 Å². The van der Waals surface area contributed by atoms with Crippen LogP contribution >= 0.6 is 0 Å². The van der Waals surface area contributed by atoms with Crippen LogP contribution in [0.3, 0.4) is 0 Å². The molecule has 7 heteroatoms. The van der Waals surface area contributed by atoms with Crippen molar-refractivity contribution in [1.82, 2.24) is 4.90 Å². The van der Waals surface area contributed by atoms with Gasteiger partial charge in [-0.1, -0.05) is 18.2 Å². The molecule has 0 saturated carbocycles. The molecule has 0 aromatic heterocycles. The molecule has 2 heterocycles. The zero-order valence-corrected chi connectivity index (χ0v) is 12.8. The third kappa shape index (κ3) is 3.48. The minimum Gasteiger partial charge on any atom is -0.390 e. The number of carbonyl (C=O) groups is 1. The zero-order chi connectivity index (χ0) is 16.4. The Bertz CT molecular complexity index is 521. The van der Waals surface area contributed by atoms with Crippen molar-refractivity contribution in [2.75, 3.05) is 31.1 Å². The number of aliphatic hydroxyl groups excluding tert-OH is 3. The second-order valence-corrected chi connectivity index (χ2v) is 5.96. The molecule has 0 aliphatic carbocycles. The number of para-hydroxylation sites is 1. The van der Waals surface area contributed by atoms with Crippen LogP contribution in [0.5, 0.6) is 0 Å². The van der Waals surface area contributed by atoms with E-state index in [9.17, 15) is 20.1 Å². The second kappa shape index (κ2) is 6.84. The molecule has 3 N–H and O–H groups in total. The normalized spacial score (nSPS) is 32.0. The lowest BCUT2D eigenvalue weighted by Crippen LogP contribution is -2.56. The minimum absolute atomic E-state index is 0.00401. The van der Waals surface area contributed by atoms with E-state index in [1.165, 1.54) is 0 Å². The van der Waals surface area contributed by atoms with E-state index < -0.39 is 24.6 Å². The molecule has 2 fully saturated rings. The van der Waals surface area contributed by atoms with Crippen molar-refractivity contribution in [2.24, 2.45) is 0 Å². The summed E-state index contributed by atoms with van der Waals surface area (Å²) < 4.78 is 5.14. The topological polar surface area (TPSA) is 93.5 Å². The summed E-state index contributed by atoms with van der Waals surface area (Å²) in [6.07, 6.45) is -4.96. The average molecular weight is 322 g/mol. The SMILES string of the molecule is O=C([C@@H]1C[C@H](O)[C@@H](O)C(O)O1)N1CCN(c2ccccc2)CC1. The largest absolute Gasteiger partial charge is 0.390 e. The summed E-state index contributed by atoms with van der Waals surface area (Å²) in [7, 11) is 0. The Hall–Kier alpha value is -1.67. The Labute approximate surface area is 134 Å². The molecule has 2 aliphatic heterocycles. The molecule has 1 amide bonds. The van der Waals surface area contributed by atoms with E-state index in [2.05, 4.69) is 4.90 Å². The maximum Gasteiger partial charge on any atom is 0.252 e. The number of anilines is 1. The number of rotatable bonds is 2. The lowest BCUT2D eigenvalue weighted by Gasteiger charge is -2.40. The molecule has 3 rings (SSSR count). The third-order valence-electron chi connectivity index (χ3n) is 4.43. The van der Waals surface area contributed by atoms with Gasteiger partial charge in [-0.15, -0.1) is 0 Å². The van der Waals surface area contributed by atoms with Gasteiger partial charge in [0, 0.05) is 38.3 Å². The van der Waals surface area contributed by atoms with Gasteiger partial charge in [0.15, 0.2) is 6.29 Å². The van der Waals surface area contributed by atoms with Gasteiger partial charge in [-0.25, -0.2) is 0 Å². The Balaban J connectivity index is 1.56. The van der Waals surface area contributed by atoms with Crippen molar-refractivity contribution < 1.29 is 24.9 Å². The molecule has 126 valence electrons. The molecule has 0 spiro atoms. The van der Waals surface area contributed by atoms with Gasteiger partial charge in [0.25, 0.3) is 5.91 Å². The number of piperazine rings is 1. The predicted octanol–water partition coefficient (Wildman–Crippen LogP) is -0.836. The Morgan fingerprint density at radius 3 is 2.30 bits per heavy atom. The van der Waals surface area contributed by atoms with E-state index in [1.54, 1.807) is 4.90 Å². The minimum atomic E-state index is -1.53. The predicted molar refractivity (Wildman–Crippen MR) is 82.7 cm³/mol.